The van der Waals surface area contributed by atoms with Crippen LogP contribution in [0, 0.1) is 49.8 Å². The van der Waals surface area contributed by atoms with Gasteiger partial charge in [-0.3, -0.25) is 4.98 Å². The molecule has 0 saturated carbocycles. The third-order valence-corrected chi connectivity index (χ3v) is 10.9. The second-order valence-corrected chi connectivity index (χ2v) is 19.1. The van der Waals surface area contributed by atoms with Crippen molar-refractivity contribution in [3.63, 3.8) is 0 Å². The largest absolute Gasteiger partial charge is 3.00 e. The number of hydrogen-bond donors (Lipinski definition) is 0. The number of pyridine rings is 3. The van der Waals surface area contributed by atoms with Gasteiger partial charge in [-0.1, -0.05) is 89.2 Å². The molecule has 10 rings (SSSR count). The molecule has 0 saturated heterocycles. The van der Waals surface area contributed by atoms with Crippen molar-refractivity contribution in [2.45, 2.75) is 94.5 Å². The standard InChI is InChI=1S/C22H21N2O.C21H23N2.C13H12N.Ir/c1-14-8-9-17-16-6-5-7-18(20(16)25-21(17)24-14)19-12-15(10-11-23-19)13-22(2,3)4;1-21(2,3)14-15-12-17-10-7-11-23-19(17)18(13-15)22-20(23)16-8-5-4-6-9-16;1-10-3-6-12(7-4-10)13-8-5-11(2)9-14-13;/h5-6,8-12H,13H2,1-4H3;4-6,8,12-13H,7,10-11,14H2,1-3H3;3-6,8-9H,1-2H3;/q3*-1;+3. The molecular weight excluding hydrogens is 951 g/mol. The first-order chi connectivity index (χ1) is 29.7. The van der Waals surface area contributed by atoms with E-state index in [2.05, 4.69) is 141 Å². The maximum Gasteiger partial charge on any atom is 3.00 e. The van der Waals surface area contributed by atoms with Crippen molar-refractivity contribution in [2.75, 3.05) is 0 Å². The van der Waals surface area contributed by atoms with Gasteiger partial charge in [-0.25, -0.2) is 4.98 Å². The van der Waals surface area contributed by atoms with E-state index in [1.807, 2.05) is 74.8 Å². The number of aromatic nitrogens is 5. The normalized spacial score (nSPS) is 12.3. The zero-order valence-electron chi connectivity index (χ0n) is 38.0. The van der Waals surface area contributed by atoms with Crippen LogP contribution in [0.1, 0.15) is 81.5 Å². The van der Waals surface area contributed by atoms with Gasteiger partial charge < -0.3 is 19.0 Å². The number of rotatable bonds is 5. The van der Waals surface area contributed by atoms with E-state index in [4.69, 9.17) is 9.40 Å². The monoisotopic (exact) mass is 1010 g/mol. The van der Waals surface area contributed by atoms with E-state index in [0.29, 0.717) is 11.1 Å². The van der Waals surface area contributed by atoms with Gasteiger partial charge in [0.15, 0.2) is 0 Å². The van der Waals surface area contributed by atoms with E-state index in [-0.39, 0.29) is 25.5 Å². The molecule has 1 aliphatic heterocycles. The Morgan fingerprint density at radius 2 is 1.48 bits per heavy atom. The van der Waals surface area contributed by atoms with Crippen LogP contribution in [0.15, 0.2) is 120 Å². The van der Waals surface area contributed by atoms with Crippen molar-refractivity contribution in [3.8, 4) is 33.9 Å². The molecule has 7 heteroatoms. The summed E-state index contributed by atoms with van der Waals surface area (Å²) in [6.45, 7) is 20.7. The van der Waals surface area contributed by atoms with Gasteiger partial charge in [-0.05, 0) is 103 Å². The predicted molar refractivity (Wildman–Crippen MR) is 255 cm³/mol. The van der Waals surface area contributed by atoms with E-state index >= 15 is 0 Å². The van der Waals surface area contributed by atoms with Crippen LogP contribution in [0.4, 0.5) is 0 Å². The minimum atomic E-state index is 0. The number of imidazole rings is 1. The van der Waals surface area contributed by atoms with Crippen LogP contribution in [0.25, 0.3) is 67.0 Å². The maximum absolute atomic E-state index is 6.08. The smallest absolute Gasteiger partial charge is 0.486 e. The molecule has 6 heterocycles. The van der Waals surface area contributed by atoms with Crippen LogP contribution in [0.5, 0.6) is 0 Å². The Balaban J connectivity index is 0.000000146. The van der Waals surface area contributed by atoms with E-state index in [1.165, 1.54) is 39.8 Å². The summed E-state index contributed by atoms with van der Waals surface area (Å²) in [7, 11) is 0. The first-order valence-electron chi connectivity index (χ1n) is 21.7. The zero-order chi connectivity index (χ0) is 43.6. The maximum atomic E-state index is 6.08. The molecule has 4 aromatic carbocycles. The Morgan fingerprint density at radius 3 is 2.19 bits per heavy atom. The number of furan rings is 1. The summed E-state index contributed by atoms with van der Waals surface area (Å²) in [4.78, 5) is 18.4. The fraction of sp³-hybridized carbons (Fsp3) is 0.286. The Labute approximate surface area is 386 Å². The average Bonchev–Trinajstić information content (AvgIpc) is 3.80. The second kappa shape index (κ2) is 18.9. The van der Waals surface area contributed by atoms with E-state index in [1.54, 1.807) is 0 Å². The van der Waals surface area contributed by atoms with Gasteiger partial charge in [0.05, 0.1) is 22.4 Å². The van der Waals surface area contributed by atoms with Gasteiger partial charge in [0.1, 0.15) is 0 Å². The zero-order valence-corrected chi connectivity index (χ0v) is 40.4. The summed E-state index contributed by atoms with van der Waals surface area (Å²) < 4.78 is 8.47. The van der Waals surface area contributed by atoms with Crippen LogP contribution >= 0.6 is 0 Å². The number of benzene rings is 4. The number of nitrogens with zero attached hydrogens (tertiary/aromatic N) is 5. The summed E-state index contributed by atoms with van der Waals surface area (Å²) in [5.74, 6) is 1.06. The molecule has 0 bridgehead atoms. The van der Waals surface area contributed by atoms with E-state index in [9.17, 15) is 0 Å². The van der Waals surface area contributed by atoms with Crippen molar-refractivity contribution in [2.24, 2.45) is 10.8 Å². The third-order valence-electron chi connectivity index (χ3n) is 10.9. The Kier molecular flexibility index (Phi) is 13.6. The second-order valence-electron chi connectivity index (χ2n) is 19.1. The van der Waals surface area contributed by atoms with Crippen LogP contribution < -0.4 is 0 Å². The fourth-order valence-corrected chi connectivity index (χ4v) is 8.24. The summed E-state index contributed by atoms with van der Waals surface area (Å²) in [5, 5.41) is 2.08. The summed E-state index contributed by atoms with van der Waals surface area (Å²) in [6.07, 6.45) is 8.20. The van der Waals surface area contributed by atoms with Crippen molar-refractivity contribution >= 4 is 33.1 Å². The summed E-state index contributed by atoms with van der Waals surface area (Å²) in [5.41, 5.74) is 16.9. The summed E-state index contributed by atoms with van der Waals surface area (Å²) in [6, 6.07) is 45.2. The Hall–Kier alpha value is -5.75. The van der Waals surface area contributed by atoms with Crippen LogP contribution in [-0.2, 0) is 45.9 Å². The number of hydrogen-bond acceptors (Lipinski definition) is 5. The minimum Gasteiger partial charge on any atom is -0.486 e. The molecule has 5 aromatic heterocycles. The van der Waals surface area contributed by atoms with Crippen molar-refractivity contribution in [1.29, 1.82) is 0 Å². The van der Waals surface area contributed by atoms with Crippen LogP contribution in [0.3, 0.4) is 0 Å². The number of aryl methyl sites for hydroxylation is 5. The first-order valence-corrected chi connectivity index (χ1v) is 21.7. The van der Waals surface area contributed by atoms with Crippen LogP contribution in [0.2, 0.25) is 0 Å². The van der Waals surface area contributed by atoms with Gasteiger partial charge in [-0.15, -0.1) is 89.5 Å². The van der Waals surface area contributed by atoms with Gasteiger partial charge in [-0.2, -0.15) is 0 Å². The van der Waals surface area contributed by atoms with Gasteiger partial charge in [0.2, 0.25) is 5.71 Å². The first kappa shape index (κ1) is 45.3. The topological polar surface area (TPSA) is 69.6 Å². The summed E-state index contributed by atoms with van der Waals surface area (Å²) >= 11 is 0. The molecule has 0 fully saturated rings. The molecule has 0 unspecified atom stereocenters. The molecular formula is C56H56IrN5O. The molecule has 0 N–H and O–H groups in total. The molecule has 0 radical (unpaired) electrons. The molecule has 0 atom stereocenters. The van der Waals surface area contributed by atoms with Crippen molar-refractivity contribution in [1.82, 2.24) is 24.5 Å². The predicted octanol–water partition coefficient (Wildman–Crippen LogP) is 13.9. The molecule has 63 heavy (non-hydrogen) atoms. The molecule has 0 amide bonds. The third kappa shape index (κ3) is 10.9. The number of fused-ring (bicyclic) bond motifs is 3. The van der Waals surface area contributed by atoms with Crippen molar-refractivity contribution < 1.29 is 24.5 Å². The molecule has 320 valence electrons. The molecule has 0 aliphatic carbocycles. The van der Waals surface area contributed by atoms with Gasteiger partial charge >= 0.3 is 20.1 Å². The average molecular weight is 1010 g/mol. The SMILES string of the molecule is CC(C)(C)Cc1cc2c3c(c1)nc(-c1[c-]cccc1)n3CCC2.Cc1c[c-]c(-c2ccc(C)cn2)cc1.Cc1ccc2c(n1)oc1c(-c3cc(CC(C)(C)C)ccn3)[c-]ccc12.[Ir+3]. The Morgan fingerprint density at radius 1 is 0.683 bits per heavy atom. The molecule has 9 aromatic rings. The Bertz CT molecular complexity index is 2930. The molecule has 1 aliphatic rings. The minimum absolute atomic E-state index is 0. The van der Waals surface area contributed by atoms with E-state index in [0.717, 1.165) is 87.3 Å². The van der Waals surface area contributed by atoms with Crippen LogP contribution in [-0.4, -0.2) is 24.5 Å². The van der Waals surface area contributed by atoms with E-state index < -0.39 is 0 Å². The van der Waals surface area contributed by atoms with Gasteiger partial charge in [0.25, 0.3) is 0 Å². The quantitative estimate of drug-likeness (QED) is 0.161. The molecule has 6 nitrogen and oxygen atoms in total. The fourth-order valence-electron chi connectivity index (χ4n) is 8.24. The van der Waals surface area contributed by atoms with Crippen molar-refractivity contribution in [3.05, 3.63) is 167 Å². The molecule has 0 spiro atoms. The van der Waals surface area contributed by atoms with Gasteiger partial charge in [0, 0.05) is 30.0 Å².